The molecule has 2 heterocycles. The van der Waals surface area contributed by atoms with E-state index in [-0.39, 0.29) is 17.9 Å². The van der Waals surface area contributed by atoms with Gasteiger partial charge in [-0.25, -0.2) is 4.79 Å². The maximum Gasteiger partial charge on any atom is 0.318 e. The van der Waals surface area contributed by atoms with Gasteiger partial charge in [-0.3, -0.25) is 4.79 Å². The summed E-state index contributed by atoms with van der Waals surface area (Å²) >= 11 is 0. The van der Waals surface area contributed by atoms with Crippen LogP contribution in [0.15, 0.2) is 79.0 Å². The lowest BCUT2D eigenvalue weighted by Crippen LogP contribution is -2.50. The summed E-state index contributed by atoms with van der Waals surface area (Å²) in [6.45, 7) is 3.82. The predicted molar refractivity (Wildman–Crippen MR) is 147 cm³/mol. The van der Waals surface area contributed by atoms with Gasteiger partial charge in [0.2, 0.25) is 5.91 Å². The first-order valence-electron chi connectivity index (χ1n) is 12.6. The van der Waals surface area contributed by atoms with Crippen LogP contribution in [0.2, 0.25) is 0 Å². The Morgan fingerprint density at radius 1 is 0.973 bits per heavy atom. The molecule has 190 valence electrons. The molecule has 0 radical (unpaired) electrons. The summed E-state index contributed by atoms with van der Waals surface area (Å²) < 4.78 is 0. The van der Waals surface area contributed by atoms with Crippen LogP contribution in [0.3, 0.4) is 0 Å². The van der Waals surface area contributed by atoms with Crippen molar-refractivity contribution >= 4 is 28.5 Å². The van der Waals surface area contributed by atoms with Crippen molar-refractivity contribution in [1.82, 2.24) is 20.1 Å². The third-order valence-corrected chi connectivity index (χ3v) is 6.99. The number of anilines is 1. The van der Waals surface area contributed by atoms with E-state index in [1.807, 2.05) is 100 Å². The van der Waals surface area contributed by atoms with Crippen molar-refractivity contribution in [2.45, 2.75) is 38.5 Å². The topological polar surface area (TPSA) is 80.5 Å². The molecule has 0 spiro atoms. The molecule has 2 atom stereocenters. The molecule has 1 aromatic heterocycles. The minimum Gasteiger partial charge on any atom is -0.361 e. The predicted octanol–water partition coefficient (Wildman–Crippen LogP) is 5.07. The summed E-state index contributed by atoms with van der Waals surface area (Å²) in [4.78, 5) is 34.3. The van der Waals surface area contributed by atoms with Crippen LogP contribution in [0.25, 0.3) is 10.9 Å². The summed E-state index contributed by atoms with van der Waals surface area (Å²) in [5.74, 6) is -0.514. The zero-order valence-corrected chi connectivity index (χ0v) is 21.5. The number of para-hydroxylation sites is 1. The quantitative estimate of drug-likeness (QED) is 0.335. The molecule has 0 saturated heterocycles. The number of carbonyl (C=O) groups excluding carboxylic acids is 2. The molecule has 0 saturated carbocycles. The van der Waals surface area contributed by atoms with Crippen molar-refractivity contribution in [1.29, 1.82) is 0 Å². The fourth-order valence-electron chi connectivity index (χ4n) is 5.10. The molecule has 1 aliphatic rings. The molecule has 37 heavy (non-hydrogen) atoms. The lowest BCUT2D eigenvalue weighted by molar-refractivity contribution is -0.118. The number of aromatic nitrogens is 1. The Morgan fingerprint density at radius 3 is 2.41 bits per heavy atom. The molecular weight excluding hydrogens is 462 g/mol. The van der Waals surface area contributed by atoms with Crippen molar-refractivity contribution in [3.05, 3.63) is 101 Å². The van der Waals surface area contributed by atoms with Crippen molar-refractivity contribution in [2.24, 2.45) is 0 Å². The molecule has 4 aromatic rings. The number of nitrogens with one attached hydrogen (secondary N) is 3. The lowest BCUT2D eigenvalue weighted by atomic mass is 9.92. The summed E-state index contributed by atoms with van der Waals surface area (Å²) in [5, 5.41) is 7.17. The number of aromatic amines is 1. The highest BCUT2D eigenvalue weighted by Crippen LogP contribution is 2.29. The van der Waals surface area contributed by atoms with Gasteiger partial charge in [-0.2, -0.15) is 0 Å². The molecule has 7 heteroatoms. The fraction of sp³-hybridized carbons (Fsp3) is 0.267. The zero-order valence-electron chi connectivity index (χ0n) is 21.5. The van der Waals surface area contributed by atoms with Crippen LogP contribution in [-0.4, -0.2) is 46.9 Å². The van der Waals surface area contributed by atoms with Gasteiger partial charge in [0, 0.05) is 48.3 Å². The number of urea groups is 1. The van der Waals surface area contributed by atoms with Gasteiger partial charge >= 0.3 is 6.03 Å². The van der Waals surface area contributed by atoms with Gasteiger partial charge in [-0.05, 0) is 54.5 Å². The van der Waals surface area contributed by atoms with E-state index in [1.165, 1.54) is 0 Å². The minimum absolute atomic E-state index is 0.246. The van der Waals surface area contributed by atoms with Crippen LogP contribution in [0.1, 0.15) is 35.1 Å². The largest absolute Gasteiger partial charge is 0.361 e. The highest BCUT2D eigenvalue weighted by molar-refractivity contribution is 5.98. The average Bonchev–Trinajstić information content (AvgIpc) is 3.51. The monoisotopic (exact) mass is 495 g/mol. The van der Waals surface area contributed by atoms with Crippen LogP contribution >= 0.6 is 0 Å². The maximum atomic E-state index is 13.7. The third-order valence-electron chi connectivity index (χ3n) is 6.99. The first-order valence-corrected chi connectivity index (χ1v) is 12.6. The number of carbonyl (C=O) groups is 2. The Bertz CT molecular complexity index is 1400. The van der Waals surface area contributed by atoms with E-state index in [1.54, 1.807) is 4.90 Å². The van der Waals surface area contributed by atoms with Crippen molar-refractivity contribution in [2.75, 3.05) is 19.4 Å². The molecule has 5 rings (SSSR count). The molecular formula is C30H33N5O2. The summed E-state index contributed by atoms with van der Waals surface area (Å²) in [6, 6.07) is 22.9. The smallest absolute Gasteiger partial charge is 0.318 e. The first kappa shape index (κ1) is 24.6. The van der Waals surface area contributed by atoms with Gasteiger partial charge in [0.25, 0.3) is 0 Å². The number of rotatable bonds is 7. The maximum absolute atomic E-state index is 13.7. The van der Waals surface area contributed by atoms with Crippen LogP contribution in [0, 0.1) is 0 Å². The molecule has 3 aromatic carbocycles. The number of benzene rings is 3. The minimum atomic E-state index is -0.770. The highest BCUT2D eigenvalue weighted by atomic mass is 16.2. The van der Waals surface area contributed by atoms with E-state index in [9.17, 15) is 9.59 Å². The summed E-state index contributed by atoms with van der Waals surface area (Å²) in [6.07, 6.45) is 1.94. The van der Waals surface area contributed by atoms with Gasteiger partial charge in [0.15, 0.2) is 0 Å². The van der Waals surface area contributed by atoms with E-state index in [4.69, 9.17) is 0 Å². The number of H-pyrrole nitrogens is 1. The Hall–Kier alpha value is -4.10. The molecule has 0 fully saturated rings. The average molecular weight is 496 g/mol. The van der Waals surface area contributed by atoms with Gasteiger partial charge in [-0.15, -0.1) is 0 Å². The van der Waals surface area contributed by atoms with E-state index in [2.05, 4.69) is 20.5 Å². The number of hydrogen-bond donors (Lipinski definition) is 3. The summed E-state index contributed by atoms with van der Waals surface area (Å²) in [5.41, 5.74) is 6.08. The lowest BCUT2D eigenvalue weighted by Gasteiger charge is -2.27. The van der Waals surface area contributed by atoms with Crippen molar-refractivity contribution < 1.29 is 9.59 Å². The van der Waals surface area contributed by atoms with E-state index >= 15 is 0 Å². The molecule has 3 amide bonds. The Balaban J connectivity index is 1.40. The van der Waals surface area contributed by atoms with E-state index in [0.717, 1.165) is 39.7 Å². The highest BCUT2D eigenvalue weighted by Gasteiger charge is 2.32. The molecule has 0 unspecified atom stereocenters. The molecule has 7 nitrogen and oxygen atoms in total. The van der Waals surface area contributed by atoms with E-state index < -0.39 is 6.04 Å². The van der Waals surface area contributed by atoms with Crippen LogP contribution < -0.4 is 10.6 Å². The van der Waals surface area contributed by atoms with Crippen LogP contribution in [0.5, 0.6) is 0 Å². The second-order valence-electron chi connectivity index (χ2n) is 10.1. The Kier molecular flexibility index (Phi) is 6.97. The second kappa shape index (κ2) is 10.5. The van der Waals surface area contributed by atoms with Crippen molar-refractivity contribution in [3.63, 3.8) is 0 Å². The molecule has 0 aliphatic carbocycles. The third kappa shape index (κ3) is 5.37. The first-order chi connectivity index (χ1) is 17.9. The second-order valence-corrected chi connectivity index (χ2v) is 10.1. The van der Waals surface area contributed by atoms with Gasteiger partial charge < -0.3 is 25.4 Å². The number of nitrogens with zero attached hydrogens (tertiary/aromatic N) is 2. The fourth-order valence-corrected chi connectivity index (χ4v) is 5.10. The Labute approximate surface area is 217 Å². The Morgan fingerprint density at radius 2 is 1.68 bits per heavy atom. The zero-order chi connectivity index (χ0) is 25.9. The van der Waals surface area contributed by atoms with Crippen LogP contribution in [0.4, 0.5) is 10.5 Å². The van der Waals surface area contributed by atoms with Crippen LogP contribution in [-0.2, 0) is 24.4 Å². The van der Waals surface area contributed by atoms with Gasteiger partial charge in [-0.1, -0.05) is 61.5 Å². The summed E-state index contributed by atoms with van der Waals surface area (Å²) in [7, 11) is 4.02. The van der Waals surface area contributed by atoms with E-state index in [0.29, 0.717) is 18.8 Å². The number of fused-ring (bicyclic) bond motifs is 2. The number of hydrogen-bond acceptors (Lipinski definition) is 3. The van der Waals surface area contributed by atoms with Crippen molar-refractivity contribution in [3.8, 4) is 0 Å². The molecule has 1 aliphatic heterocycles. The normalized spacial score (nSPS) is 14.4. The number of amides is 3. The van der Waals surface area contributed by atoms with Gasteiger partial charge in [0.1, 0.15) is 6.04 Å². The van der Waals surface area contributed by atoms with Gasteiger partial charge in [0.05, 0.1) is 0 Å². The molecule has 0 bridgehead atoms. The SMILES string of the molecule is C[C@@H](c1c[nH]c2ccccc12)[C@@H](NC(=O)N1Cc2ccccc2C1)C(=O)Nc1cccc(CN(C)C)c1. The molecule has 3 N–H and O–H groups in total. The standard InChI is InChI=1S/C30H33N5O2/c1-20(26-16-31-27-14-7-6-13-25(26)27)28(29(36)32-24-12-8-9-21(15-24)17-34(2)3)33-30(37)35-18-22-10-4-5-11-23(22)19-35/h4-16,20,28,31H,17-19H2,1-3H3,(H,32,36)(H,33,37)/t20-,28+/m0/s1.